The van der Waals surface area contributed by atoms with Crippen molar-refractivity contribution in [3.63, 3.8) is 0 Å². The first-order valence-corrected chi connectivity index (χ1v) is 4.46. The van der Waals surface area contributed by atoms with E-state index in [2.05, 4.69) is 15.6 Å². The van der Waals surface area contributed by atoms with Crippen molar-refractivity contribution < 1.29 is 13.2 Å². The molecule has 0 fully saturated rings. The van der Waals surface area contributed by atoms with Crippen LogP contribution in [-0.2, 0) is 6.18 Å². The van der Waals surface area contributed by atoms with E-state index in [1.54, 1.807) is 7.05 Å². The van der Waals surface area contributed by atoms with Gasteiger partial charge in [-0.3, -0.25) is 4.98 Å². The first-order valence-electron chi connectivity index (χ1n) is 4.46. The molecule has 0 atom stereocenters. The second-order valence-electron chi connectivity index (χ2n) is 2.96. The molecular weight excluding hydrogens is 207 g/mol. The van der Waals surface area contributed by atoms with Crippen LogP contribution >= 0.6 is 0 Å². The van der Waals surface area contributed by atoms with Crippen molar-refractivity contribution in [2.75, 3.05) is 25.5 Å². The standard InChI is InChI=1S/C9H12F3N3/c1-13-4-5-14-7-2-3-15-8(6-7)9(10,11)12/h2-3,6,13H,4-5H2,1H3,(H,14,15). The molecule has 0 amide bonds. The molecule has 0 unspecified atom stereocenters. The Balaban J connectivity index is 2.66. The van der Waals surface area contributed by atoms with Crippen LogP contribution in [0.15, 0.2) is 18.3 Å². The first kappa shape index (κ1) is 11.8. The van der Waals surface area contributed by atoms with E-state index in [1.807, 2.05) is 0 Å². The number of nitrogens with zero attached hydrogens (tertiary/aromatic N) is 1. The molecule has 0 radical (unpaired) electrons. The Bertz CT molecular complexity index is 312. The van der Waals surface area contributed by atoms with Gasteiger partial charge in [-0.05, 0) is 19.2 Å². The molecule has 6 heteroatoms. The minimum Gasteiger partial charge on any atom is -0.384 e. The van der Waals surface area contributed by atoms with Crippen molar-refractivity contribution in [2.45, 2.75) is 6.18 Å². The monoisotopic (exact) mass is 219 g/mol. The van der Waals surface area contributed by atoms with Crippen LogP contribution in [0.2, 0.25) is 0 Å². The summed E-state index contributed by atoms with van der Waals surface area (Å²) in [4.78, 5) is 3.26. The molecule has 0 saturated carbocycles. The normalized spacial score (nSPS) is 11.5. The molecule has 15 heavy (non-hydrogen) atoms. The van der Waals surface area contributed by atoms with Gasteiger partial charge >= 0.3 is 6.18 Å². The topological polar surface area (TPSA) is 37.0 Å². The number of anilines is 1. The second kappa shape index (κ2) is 4.97. The Hall–Kier alpha value is -1.30. The summed E-state index contributed by atoms with van der Waals surface area (Å²) < 4.78 is 36.8. The lowest BCUT2D eigenvalue weighted by atomic mass is 10.3. The summed E-state index contributed by atoms with van der Waals surface area (Å²) in [6.45, 7) is 1.25. The highest BCUT2D eigenvalue weighted by atomic mass is 19.4. The van der Waals surface area contributed by atoms with Crippen LogP contribution in [0.25, 0.3) is 0 Å². The van der Waals surface area contributed by atoms with Crippen LogP contribution in [0.1, 0.15) is 5.69 Å². The van der Waals surface area contributed by atoms with Gasteiger partial charge in [0.1, 0.15) is 5.69 Å². The fraction of sp³-hybridized carbons (Fsp3) is 0.444. The third-order valence-corrected chi connectivity index (χ3v) is 1.75. The number of aromatic nitrogens is 1. The Kier molecular flexibility index (Phi) is 3.90. The van der Waals surface area contributed by atoms with Gasteiger partial charge in [-0.25, -0.2) is 0 Å². The van der Waals surface area contributed by atoms with Crippen molar-refractivity contribution in [2.24, 2.45) is 0 Å². The van der Waals surface area contributed by atoms with E-state index in [4.69, 9.17) is 0 Å². The summed E-state index contributed by atoms with van der Waals surface area (Å²) in [6, 6.07) is 2.50. The number of nitrogens with one attached hydrogen (secondary N) is 2. The molecule has 0 aliphatic carbocycles. The zero-order valence-electron chi connectivity index (χ0n) is 8.23. The van der Waals surface area contributed by atoms with Gasteiger partial charge < -0.3 is 10.6 Å². The van der Waals surface area contributed by atoms with Crippen LogP contribution < -0.4 is 10.6 Å². The Labute approximate surface area is 85.7 Å². The summed E-state index contributed by atoms with van der Waals surface area (Å²) in [7, 11) is 1.77. The molecule has 1 aromatic rings. The highest BCUT2D eigenvalue weighted by Crippen LogP contribution is 2.28. The third-order valence-electron chi connectivity index (χ3n) is 1.75. The lowest BCUT2D eigenvalue weighted by Gasteiger charge is -2.09. The van der Waals surface area contributed by atoms with Crippen LogP contribution in [-0.4, -0.2) is 25.1 Å². The van der Waals surface area contributed by atoms with Crippen molar-refractivity contribution in [1.82, 2.24) is 10.3 Å². The van der Waals surface area contributed by atoms with E-state index in [9.17, 15) is 13.2 Å². The van der Waals surface area contributed by atoms with Crippen molar-refractivity contribution in [3.05, 3.63) is 24.0 Å². The number of likely N-dealkylation sites (N-methyl/N-ethyl adjacent to an activating group) is 1. The smallest absolute Gasteiger partial charge is 0.384 e. The van der Waals surface area contributed by atoms with Crippen molar-refractivity contribution >= 4 is 5.69 Å². The van der Waals surface area contributed by atoms with Crippen LogP contribution in [0.3, 0.4) is 0 Å². The lowest BCUT2D eigenvalue weighted by molar-refractivity contribution is -0.141. The van der Waals surface area contributed by atoms with E-state index >= 15 is 0 Å². The maximum Gasteiger partial charge on any atom is 0.433 e. The van der Waals surface area contributed by atoms with E-state index in [1.165, 1.54) is 6.07 Å². The van der Waals surface area contributed by atoms with Gasteiger partial charge in [0.05, 0.1) is 0 Å². The lowest BCUT2D eigenvalue weighted by Crippen LogP contribution is -2.18. The van der Waals surface area contributed by atoms with Gasteiger partial charge in [-0.2, -0.15) is 13.2 Å². The number of hydrogen-bond donors (Lipinski definition) is 2. The zero-order valence-corrected chi connectivity index (χ0v) is 8.23. The maximum absolute atomic E-state index is 12.3. The maximum atomic E-state index is 12.3. The highest BCUT2D eigenvalue weighted by Gasteiger charge is 2.32. The fourth-order valence-corrected chi connectivity index (χ4v) is 1.03. The minimum atomic E-state index is -4.39. The number of pyridine rings is 1. The predicted molar refractivity (Wildman–Crippen MR) is 51.7 cm³/mol. The molecule has 1 heterocycles. The molecule has 0 saturated heterocycles. The van der Waals surface area contributed by atoms with Gasteiger partial charge in [0, 0.05) is 25.0 Å². The molecule has 0 bridgehead atoms. The van der Waals surface area contributed by atoms with E-state index in [0.717, 1.165) is 12.3 Å². The summed E-state index contributed by atoms with van der Waals surface area (Å²) in [5.74, 6) is 0. The first-order chi connectivity index (χ1) is 7.04. The Morgan fingerprint density at radius 1 is 1.33 bits per heavy atom. The predicted octanol–water partition coefficient (Wildman–Crippen LogP) is 1.73. The molecule has 3 nitrogen and oxygen atoms in total. The quantitative estimate of drug-likeness (QED) is 0.757. The second-order valence-corrected chi connectivity index (χ2v) is 2.96. The van der Waals surface area contributed by atoms with Crippen LogP contribution in [0.5, 0.6) is 0 Å². The Morgan fingerprint density at radius 2 is 2.07 bits per heavy atom. The van der Waals surface area contributed by atoms with E-state index < -0.39 is 11.9 Å². The van der Waals surface area contributed by atoms with Crippen molar-refractivity contribution in [1.29, 1.82) is 0 Å². The number of halogens is 3. The van der Waals surface area contributed by atoms with Crippen molar-refractivity contribution in [3.8, 4) is 0 Å². The molecule has 84 valence electrons. The number of alkyl halides is 3. The molecule has 2 N–H and O–H groups in total. The van der Waals surface area contributed by atoms with E-state index in [-0.39, 0.29) is 0 Å². The van der Waals surface area contributed by atoms with Gasteiger partial charge in [0.25, 0.3) is 0 Å². The van der Waals surface area contributed by atoms with Gasteiger partial charge in [0.15, 0.2) is 0 Å². The zero-order chi connectivity index (χ0) is 11.3. The fourth-order valence-electron chi connectivity index (χ4n) is 1.03. The summed E-state index contributed by atoms with van der Waals surface area (Å²) in [5.41, 5.74) is -0.454. The molecule has 1 rings (SSSR count). The average molecular weight is 219 g/mol. The number of hydrogen-bond acceptors (Lipinski definition) is 3. The largest absolute Gasteiger partial charge is 0.433 e. The molecule has 1 aromatic heterocycles. The molecule has 0 aromatic carbocycles. The number of rotatable bonds is 4. The van der Waals surface area contributed by atoms with Gasteiger partial charge in [-0.15, -0.1) is 0 Å². The molecular formula is C9H12F3N3. The van der Waals surface area contributed by atoms with Crippen LogP contribution in [0, 0.1) is 0 Å². The van der Waals surface area contributed by atoms with E-state index in [0.29, 0.717) is 18.8 Å². The van der Waals surface area contributed by atoms with Crippen LogP contribution in [0.4, 0.5) is 18.9 Å². The van der Waals surface area contributed by atoms with Gasteiger partial charge in [0.2, 0.25) is 0 Å². The molecule has 0 aliphatic heterocycles. The minimum absolute atomic E-state index is 0.424. The summed E-state index contributed by atoms with van der Waals surface area (Å²) in [5, 5.41) is 5.74. The molecule has 0 spiro atoms. The third kappa shape index (κ3) is 3.75. The summed E-state index contributed by atoms with van der Waals surface area (Å²) in [6.07, 6.45) is -3.24. The Morgan fingerprint density at radius 3 is 2.67 bits per heavy atom. The SMILES string of the molecule is CNCCNc1ccnc(C(F)(F)F)c1. The summed E-state index contributed by atoms with van der Waals surface area (Å²) >= 11 is 0. The highest BCUT2D eigenvalue weighted by molar-refractivity contribution is 5.43. The molecule has 0 aliphatic rings. The van der Waals surface area contributed by atoms with Gasteiger partial charge in [-0.1, -0.05) is 0 Å². The average Bonchev–Trinajstić information content (AvgIpc) is 2.17.